The Morgan fingerprint density at radius 1 is 1.25 bits per heavy atom. The number of rotatable bonds is 2. The first-order valence-electron chi connectivity index (χ1n) is 8.79. The van der Waals surface area contributed by atoms with E-state index in [1.54, 1.807) is 6.20 Å². The molecule has 3 fully saturated rings. The minimum Gasteiger partial charge on any atom is -0.332 e. The van der Waals surface area contributed by atoms with Gasteiger partial charge in [0.05, 0.1) is 6.20 Å². The van der Waals surface area contributed by atoms with Crippen LogP contribution in [-0.2, 0) is 0 Å². The van der Waals surface area contributed by atoms with Gasteiger partial charge in [-0.05, 0) is 56.8 Å². The van der Waals surface area contributed by atoms with E-state index in [4.69, 9.17) is 0 Å². The maximum Gasteiger partial charge on any atom is 0.342 e. The number of aryl methyl sites for hydroxylation is 1. The van der Waals surface area contributed by atoms with Crippen LogP contribution in [-0.4, -0.2) is 45.9 Å². The van der Waals surface area contributed by atoms with Gasteiger partial charge in [-0.2, -0.15) is 9.78 Å². The fourth-order valence-corrected chi connectivity index (χ4v) is 4.22. The van der Waals surface area contributed by atoms with E-state index in [1.165, 1.54) is 23.1 Å². The number of nitrogens with one attached hydrogen (secondary N) is 1. The highest BCUT2D eigenvalue weighted by Crippen LogP contribution is 2.32. The fourth-order valence-electron chi connectivity index (χ4n) is 4.22. The number of benzene rings is 1. The molecule has 5 rings (SSSR count). The Morgan fingerprint density at radius 3 is 2.71 bits per heavy atom. The van der Waals surface area contributed by atoms with Crippen molar-refractivity contribution in [1.29, 1.82) is 0 Å². The number of hydrogen-bond donors (Lipinski definition) is 1. The molecule has 1 aromatic carbocycles. The normalized spacial score (nSPS) is 28.8. The lowest BCUT2D eigenvalue weighted by Gasteiger charge is -2.49. The topological polar surface area (TPSA) is 50.2 Å². The molecule has 0 radical (unpaired) electrons. The Hall–Kier alpha value is -2.14. The lowest BCUT2D eigenvalue weighted by atomic mass is 9.79. The third-order valence-corrected chi connectivity index (χ3v) is 5.71. The van der Waals surface area contributed by atoms with Crippen molar-refractivity contribution in [2.24, 2.45) is 5.92 Å². The molecule has 2 aromatic rings. The molecule has 1 N–H and O–H groups in total. The highest BCUT2D eigenvalue weighted by Gasteiger charge is 2.40. The van der Waals surface area contributed by atoms with Gasteiger partial charge in [0, 0.05) is 23.8 Å². The molecule has 24 heavy (non-hydrogen) atoms. The standard InChI is InChI=1S/C19H24N4O/c1-13-5-3-4-6-17(13)16-11-20-23(12-16)19(24)21-18-14(2)22-9-7-15(18)8-10-22/h3-6,11-12,14-15,18H,7-10H2,1-2H3,(H,21,24)/t14-,18+/m1/s1. The molecule has 1 amide bonds. The average Bonchev–Trinajstić information content (AvgIpc) is 3.09. The molecule has 2 bridgehead atoms. The monoisotopic (exact) mass is 324 g/mol. The summed E-state index contributed by atoms with van der Waals surface area (Å²) in [6.45, 7) is 6.62. The zero-order chi connectivity index (χ0) is 16.7. The van der Waals surface area contributed by atoms with Gasteiger partial charge in [-0.15, -0.1) is 0 Å². The Kier molecular flexibility index (Phi) is 3.88. The van der Waals surface area contributed by atoms with Crippen LogP contribution in [0, 0.1) is 12.8 Å². The first-order valence-corrected chi connectivity index (χ1v) is 8.79. The van der Waals surface area contributed by atoms with Gasteiger partial charge in [-0.1, -0.05) is 24.3 Å². The van der Waals surface area contributed by atoms with Crippen molar-refractivity contribution in [3.05, 3.63) is 42.2 Å². The first-order chi connectivity index (χ1) is 11.6. The molecule has 3 aliphatic rings. The van der Waals surface area contributed by atoms with Crippen LogP contribution in [0.3, 0.4) is 0 Å². The summed E-state index contributed by atoms with van der Waals surface area (Å²) in [5.41, 5.74) is 3.28. The molecule has 1 aromatic heterocycles. The van der Waals surface area contributed by atoms with Crippen LogP contribution in [0.15, 0.2) is 36.7 Å². The van der Waals surface area contributed by atoms with Gasteiger partial charge >= 0.3 is 6.03 Å². The zero-order valence-corrected chi connectivity index (χ0v) is 14.3. The van der Waals surface area contributed by atoms with E-state index < -0.39 is 0 Å². The maximum atomic E-state index is 12.6. The number of aromatic nitrogens is 2. The molecule has 5 nitrogen and oxygen atoms in total. The second kappa shape index (κ2) is 6.06. The molecule has 0 spiro atoms. The average molecular weight is 324 g/mol. The summed E-state index contributed by atoms with van der Waals surface area (Å²) < 4.78 is 1.44. The van der Waals surface area contributed by atoms with Gasteiger partial charge in [0.25, 0.3) is 0 Å². The minimum absolute atomic E-state index is 0.125. The summed E-state index contributed by atoms with van der Waals surface area (Å²) in [6, 6.07) is 8.67. The lowest BCUT2D eigenvalue weighted by molar-refractivity contribution is 0.0266. The van der Waals surface area contributed by atoms with Crippen molar-refractivity contribution in [3.8, 4) is 11.1 Å². The summed E-state index contributed by atoms with van der Waals surface area (Å²) in [6.07, 6.45) is 5.96. The molecule has 3 aliphatic heterocycles. The molecule has 126 valence electrons. The Labute approximate surface area is 142 Å². The number of hydrogen-bond acceptors (Lipinski definition) is 3. The van der Waals surface area contributed by atoms with Gasteiger partial charge in [-0.25, -0.2) is 4.79 Å². The molecular weight excluding hydrogens is 300 g/mol. The van der Waals surface area contributed by atoms with Crippen LogP contribution in [0.25, 0.3) is 11.1 Å². The van der Waals surface area contributed by atoms with Crippen molar-refractivity contribution in [2.45, 2.75) is 38.8 Å². The number of piperidine rings is 3. The summed E-state index contributed by atoms with van der Waals surface area (Å²) in [5, 5.41) is 7.49. The molecule has 3 saturated heterocycles. The van der Waals surface area contributed by atoms with Crippen molar-refractivity contribution < 1.29 is 4.79 Å². The van der Waals surface area contributed by atoms with E-state index in [0.717, 1.165) is 24.2 Å². The summed E-state index contributed by atoms with van der Waals surface area (Å²) in [5.74, 6) is 0.598. The Balaban J connectivity index is 1.51. The summed E-state index contributed by atoms with van der Waals surface area (Å²) in [4.78, 5) is 15.1. The van der Waals surface area contributed by atoms with E-state index in [2.05, 4.69) is 41.3 Å². The number of fused-ring (bicyclic) bond motifs is 3. The quantitative estimate of drug-likeness (QED) is 0.924. The molecule has 4 heterocycles. The van der Waals surface area contributed by atoms with Crippen LogP contribution in [0.1, 0.15) is 25.3 Å². The predicted molar refractivity (Wildman–Crippen MR) is 93.9 cm³/mol. The number of carbonyl (C=O) groups excluding carboxylic acids is 1. The third kappa shape index (κ3) is 2.63. The third-order valence-electron chi connectivity index (χ3n) is 5.71. The van der Waals surface area contributed by atoms with Crippen molar-refractivity contribution in [2.75, 3.05) is 13.1 Å². The van der Waals surface area contributed by atoms with Crippen molar-refractivity contribution in [3.63, 3.8) is 0 Å². The Morgan fingerprint density at radius 2 is 2.00 bits per heavy atom. The van der Waals surface area contributed by atoms with Crippen LogP contribution in [0.2, 0.25) is 0 Å². The molecule has 5 heteroatoms. The van der Waals surface area contributed by atoms with Crippen LogP contribution in [0.5, 0.6) is 0 Å². The van der Waals surface area contributed by atoms with E-state index in [0.29, 0.717) is 12.0 Å². The van der Waals surface area contributed by atoms with Crippen LogP contribution < -0.4 is 5.32 Å². The van der Waals surface area contributed by atoms with Gasteiger partial charge in [0.15, 0.2) is 0 Å². The SMILES string of the molecule is Cc1ccccc1-c1cnn(C(=O)N[C@@H]2C3CCN(CC3)[C@@H]2C)c1. The maximum absolute atomic E-state index is 12.6. The van der Waals surface area contributed by atoms with Gasteiger partial charge in [-0.3, -0.25) is 4.90 Å². The van der Waals surface area contributed by atoms with Crippen molar-refractivity contribution in [1.82, 2.24) is 20.0 Å². The molecule has 0 aliphatic carbocycles. The predicted octanol–water partition coefficient (Wildman–Crippen LogP) is 2.90. The highest BCUT2D eigenvalue weighted by molar-refractivity contribution is 5.78. The van der Waals surface area contributed by atoms with Crippen LogP contribution in [0.4, 0.5) is 4.79 Å². The second-order valence-corrected chi connectivity index (χ2v) is 7.08. The van der Waals surface area contributed by atoms with Crippen LogP contribution >= 0.6 is 0 Å². The smallest absolute Gasteiger partial charge is 0.332 e. The molecule has 0 saturated carbocycles. The molecular formula is C19H24N4O. The second-order valence-electron chi connectivity index (χ2n) is 7.08. The first kappa shape index (κ1) is 15.4. The molecule has 2 atom stereocenters. The summed E-state index contributed by atoms with van der Waals surface area (Å²) in [7, 11) is 0. The minimum atomic E-state index is -0.125. The van der Waals surface area contributed by atoms with Gasteiger partial charge in [0.1, 0.15) is 0 Å². The van der Waals surface area contributed by atoms with Gasteiger partial charge in [0.2, 0.25) is 0 Å². The zero-order valence-electron chi connectivity index (χ0n) is 14.3. The highest BCUT2D eigenvalue weighted by atomic mass is 16.2. The molecule has 0 unspecified atom stereocenters. The van der Waals surface area contributed by atoms with E-state index in [9.17, 15) is 4.79 Å². The fraction of sp³-hybridized carbons (Fsp3) is 0.474. The van der Waals surface area contributed by atoms with Gasteiger partial charge < -0.3 is 5.32 Å². The van der Waals surface area contributed by atoms with E-state index >= 15 is 0 Å². The number of amides is 1. The summed E-state index contributed by atoms with van der Waals surface area (Å²) >= 11 is 0. The number of nitrogens with zero attached hydrogens (tertiary/aromatic N) is 3. The van der Waals surface area contributed by atoms with E-state index in [1.807, 2.05) is 18.3 Å². The van der Waals surface area contributed by atoms with E-state index in [-0.39, 0.29) is 12.1 Å². The number of carbonyl (C=O) groups is 1. The Bertz CT molecular complexity index is 743. The van der Waals surface area contributed by atoms with Crippen molar-refractivity contribution >= 4 is 6.03 Å². The lowest BCUT2D eigenvalue weighted by Crippen LogP contribution is -2.62. The largest absolute Gasteiger partial charge is 0.342 e.